The van der Waals surface area contributed by atoms with E-state index in [0.29, 0.717) is 22.1 Å². The van der Waals surface area contributed by atoms with E-state index in [0.717, 1.165) is 28.0 Å². The average molecular weight is 470 g/mol. The average Bonchev–Trinajstić information content (AvgIpc) is 3.29. The van der Waals surface area contributed by atoms with E-state index in [1.165, 1.54) is 17.3 Å². The van der Waals surface area contributed by atoms with Crippen LogP contribution in [-0.2, 0) is 4.79 Å². The van der Waals surface area contributed by atoms with E-state index in [-0.39, 0.29) is 11.7 Å². The summed E-state index contributed by atoms with van der Waals surface area (Å²) >= 11 is 1.33. The van der Waals surface area contributed by atoms with Gasteiger partial charge in [0.25, 0.3) is 0 Å². The first-order valence-electron chi connectivity index (χ1n) is 10.8. The number of hydrogen-bond acceptors (Lipinski definition) is 6. The highest BCUT2D eigenvalue weighted by molar-refractivity contribution is 8.00. The van der Waals surface area contributed by atoms with Gasteiger partial charge in [0.05, 0.1) is 29.6 Å². The lowest BCUT2D eigenvalue weighted by Gasteiger charge is -2.11. The van der Waals surface area contributed by atoms with E-state index in [2.05, 4.69) is 34.6 Å². The van der Waals surface area contributed by atoms with Crippen LogP contribution in [0.2, 0.25) is 0 Å². The summed E-state index contributed by atoms with van der Waals surface area (Å²) < 4.78 is 7.38. The molecule has 0 saturated heterocycles. The zero-order valence-corrected chi connectivity index (χ0v) is 19.9. The molecule has 7 nitrogen and oxygen atoms in total. The van der Waals surface area contributed by atoms with E-state index < -0.39 is 0 Å². The fourth-order valence-corrected chi connectivity index (χ4v) is 4.55. The molecule has 0 aliphatic carbocycles. The van der Waals surface area contributed by atoms with Crippen LogP contribution in [0.25, 0.3) is 28.1 Å². The monoisotopic (exact) mass is 469 g/mol. The molecule has 170 valence electrons. The fraction of sp³-hybridized carbons (Fsp3) is 0.154. The van der Waals surface area contributed by atoms with Gasteiger partial charge in [-0.15, -0.1) is 10.2 Å². The number of aryl methyl sites for hydroxylation is 2. The van der Waals surface area contributed by atoms with Crippen LogP contribution in [0.5, 0.6) is 5.75 Å². The molecule has 0 aliphatic heterocycles. The van der Waals surface area contributed by atoms with Gasteiger partial charge in [-0.3, -0.25) is 9.20 Å². The number of nitrogens with zero attached hydrogens (tertiary/aromatic N) is 4. The number of nitrogens with one attached hydrogen (secondary N) is 1. The summed E-state index contributed by atoms with van der Waals surface area (Å²) in [6.45, 7) is 4.02. The number of hydrogen-bond donors (Lipinski definition) is 1. The predicted octanol–water partition coefficient (Wildman–Crippen LogP) is 5.30. The molecule has 0 unspecified atom stereocenters. The standard InChI is InChI=1S/C26H23N5O2S/c1-16-8-11-18(12-9-16)24-29-30-25-26(28-19-6-4-5-7-21(19)31(24)25)34-15-23(32)27-20-14-17(2)10-13-22(20)33-3/h4-14H,15H2,1-3H3,(H,27,32). The Kier molecular flexibility index (Phi) is 5.90. The molecule has 3 aromatic carbocycles. The Morgan fingerprint density at radius 3 is 2.56 bits per heavy atom. The molecular weight excluding hydrogens is 446 g/mol. The Morgan fingerprint density at radius 2 is 1.76 bits per heavy atom. The van der Waals surface area contributed by atoms with Crippen molar-refractivity contribution in [2.45, 2.75) is 18.9 Å². The van der Waals surface area contributed by atoms with Gasteiger partial charge in [0.1, 0.15) is 10.8 Å². The number of methoxy groups -OCH3 is 1. The molecule has 0 fully saturated rings. The maximum atomic E-state index is 12.8. The Balaban J connectivity index is 1.48. The van der Waals surface area contributed by atoms with Crippen molar-refractivity contribution in [1.82, 2.24) is 19.6 Å². The second kappa shape index (κ2) is 9.15. The van der Waals surface area contributed by atoms with E-state index >= 15 is 0 Å². The molecule has 0 atom stereocenters. The predicted molar refractivity (Wildman–Crippen MR) is 136 cm³/mol. The van der Waals surface area contributed by atoms with Crippen molar-refractivity contribution in [3.05, 3.63) is 77.9 Å². The molecule has 34 heavy (non-hydrogen) atoms. The van der Waals surface area contributed by atoms with Gasteiger partial charge in [0, 0.05) is 5.56 Å². The molecule has 0 bridgehead atoms. The highest BCUT2D eigenvalue weighted by atomic mass is 32.2. The Labute approximate surface area is 201 Å². The van der Waals surface area contributed by atoms with Crippen LogP contribution in [0.1, 0.15) is 11.1 Å². The second-order valence-electron chi connectivity index (χ2n) is 7.99. The lowest BCUT2D eigenvalue weighted by molar-refractivity contribution is -0.113. The molecule has 0 spiro atoms. The number of aromatic nitrogens is 4. The number of carbonyl (C=O) groups excluding carboxylic acids is 1. The lowest BCUT2D eigenvalue weighted by atomic mass is 10.1. The molecule has 2 heterocycles. The van der Waals surface area contributed by atoms with Gasteiger partial charge < -0.3 is 10.1 Å². The Bertz CT molecular complexity index is 1510. The van der Waals surface area contributed by atoms with Gasteiger partial charge in [-0.05, 0) is 43.7 Å². The molecule has 0 aliphatic rings. The molecule has 0 radical (unpaired) electrons. The minimum Gasteiger partial charge on any atom is -0.495 e. The number of benzene rings is 3. The SMILES string of the molecule is COc1ccc(C)cc1NC(=O)CSc1nc2ccccc2n2c(-c3ccc(C)cc3)nnc12. The molecule has 2 aromatic heterocycles. The van der Waals surface area contributed by atoms with Gasteiger partial charge in [-0.1, -0.05) is 59.8 Å². The number of para-hydroxylation sites is 2. The first kappa shape index (κ1) is 21.9. The largest absolute Gasteiger partial charge is 0.495 e. The van der Waals surface area contributed by atoms with Crippen LogP contribution in [0.4, 0.5) is 5.69 Å². The molecule has 1 amide bonds. The number of thioether (sulfide) groups is 1. The van der Waals surface area contributed by atoms with Gasteiger partial charge in [0.15, 0.2) is 11.5 Å². The summed E-state index contributed by atoms with van der Waals surface area (Å²) in [5.41, 5.74) is 6.18. The van der Waals surface area contributed by atoms with Gasteiger partial charge >= 0.3 is 0 Å². The summed E-state index contributed by atoms with van der Waals surface area (Å²) in [5, 5.41) is 12.5. The maximum absolute atomic E-state index is 12.8. The normalized spacial score (nSPS) is 11.1. The molecule has 8 heteroatoms. The summed E-state index contributed by atoms with van der Waals surface area (Å²) in [5.74, 6) is 1.38. The highest BCUT2D eigenvalue weighted by Crippen LogP contribution is 2.30. The smallest absolute Gasteiger partial charge is 0.234 e. The van der Waals surface area contributed by atoms with Crippen molar-refractivity contribution < 1.29 is 9.53 Å². The number of fused-ring (bicyclic) bond motifs is 3. The van der Waals surface area contributed by atoms with Crippen molar-refractivity contribution in [3.8, 4) is 17.1 Å². The van der Waals surface area contributed by atoms with Gasteiger partial charge in [-0.25, -0.2) is 4.98 Å². The van der Waals surface area contributed by atoms with Gasteiger partial charge in [0.2, 0.25) is 5.91 Å². The summed E-state index contributed by atoms with van der Waals surface area (Å²) in [6, 6.07) is 21.7. The zero-order valence-electron chi connectivity index (χ0n) is 19.1. The minimum absolute atomic E-state index is 0.153. The van der Waals surface area contributed by atoms with E-state index in [4.69, 9.17) is 9.72 Å². The van der Waals surface area contributed by atoms with E-state index in [9.17, 15) is 4.79 Å². The number of amides is 1. The fourth-order valence-electron chi connectivity index (χ4n) is 3.78. The Morgan fingerprint density at radius 1 is 1.00 bits per heavy atom. The second-order valence-corrected chi connectivity index (χ2v) is 8.96. The van der Waals surface area contributed by atoms with Crippen molar-refractivity contribution >= 4 is 40.0 Å². The highest BCUT2D eigenvalue weighted by Gasteiger charge is 2.18. The maximum Gasteiger partial charge on any atom is 0.234 e. The van der Waals surface area contributed by atoms with E-state index in [1.54, 1.807) is 7.11 Å². The van der Waals surface area contributed by atoms with Crippen LogP contribution in [0, 0.1) is 13.8 Å². The number of carbonyl (C=O) groups is 1. The van der Waals surface area contributed by atoms with Crippen molar-refractivity contribution in [2.24, 2.45) is 0 Å². The van der Waals surface area contributed by atoms with Crippen LogP contribution >= 0.6 is 11.8 Å². The molecule has 1 N–H and O–H groups in total. The third-order valence-corrected chi connectivity index (χ3v) is 6.43. The molecule has 5 rings (SSSR count). The summed E-state index contributed by atoms with van der Waals surface area (Å²) in [7, 11) is 1.59. The topological polar surface area (TPSA) is 81.4 Å². The van der Waals surface area contributed by atoms with Crippen LogP contribution in [0.3, 0.4) is 0 Å². The first-order valence-corrected chi connectivity index (χ1v) is 11.8. The molecule has 0 saturated carbocycles. The molecular formula is C26H23N5O2S. The van der Waals surface area contributed by atoms with Gasteiger partial charge in [-0.2, -0.15) is 0 Å². The Hall–Kier alpha value is -3.91. The van der Waals surface area contributed by atoms with Crippen LogP contribution in [-0.4, -0.2) is 38.4 Å². The van der Waals surface area contributed by atoms with Crippen LogP contribution in [0.15, 0.2) is 71.8 Å². The number of rotatable bonds is 6. The van der Waals surface area contributed by atoms with Crippen LogP contribution < -0.4 is 10.1 Å². The minimum atomic E-state index is -0.153. The quantitative estimate of drug-likeness (QED) is 0.340. The van der Waals surface area contributed by atoms with Crippen molar-refractivity contribution in [2.75, 3.05) is 18.2 Å². The molecule has 5 aromatic rings. The van der Waals surface area contributed by atoms with Crippen molar-refractivity contribution in [1.29, 1.82) is 0 Å². The number of anilines is 1. The third-order valence-electron chi connectivity index (χ3n) is 5.48. The van der Waals surface area contributed by atoms with E-state index in [1.807, 2.05) is 65.9 Å². The lowest BCUT2D eigenvalue weighted by Crippen LogP contribution is -2.15. The summed E-state index contributed by atoms with van der Waals surface area (Å²) in [4.78, 5) is 17.6. The first-order chi connectivity index (χ1) is 16.5. The number of ether oxygens (including phenoxy) is 1. The third kappa shape index (κ3) is 4.20. The zero-order chi connectivity index (χ0) is 23.7. The van der Waals surface area contributed by atoms with Crippen molar-refractivity contribution in [3.63, 3.8) is 0 Å². The summed E-state index contributed by atoms with van der Waals surface area (Å²) in [6.07, 6.45) is 0.